The van der Waals surface area contributed by atoms with Crippen molar-refractivity contribution in [2.45, 2.75) is 23.6 Å². The second-order valence-electron chi connectivity index (χ2n) is 4.65. The summed E-state index contributed by atoms with van der Waals surface area (Å²) in [5.74, 6) is -0.0868. The maximum Gasteiger partial charge on any atom is 0.335 e. The van der Waals surface area contributed by atoms with Gasteiger partial charge < -0.3 is 10.8 Å². The van der Waals surface area contributed by atoms with Gasteiger partial charge in [-0.25, -0.2) is 4.79 Å². The van der Waals surface area contributed by atoms with Crippen LogP contribution in [0.3, 0.4) is 0 Å². The Kier molecular flexibility index (Phi) is 4.82. The fourth-order valence-electron chi connectivity index (χ4n) is 1.80. The molecule has 2 aromatic carbocycles. The highest BCUT2D eigenvalue weighted by molar-refractivity contribution is 7.98. The topological polar surface area (TPSA) is 63.3 Å². The molecule has 2 rings (SSSR count). The van der Waals surface area contributed by atoms with Crippen molar-refractivity contribution < 1.29 is 9.90 Å². The van der Waals surface area contributed by atoms with Gasteiger partial charge in [0, 0.05) is 16.7 Å². The van der Waals surface area contributed by atoms with Gasteiger partial charge in [-0.3, -0.25) is 0 Å². The van der Waals surface area contributed by atoms with Crippen molar-refractivity contribution in [1.29, 1.82) is 0 Å². The van der Waals surface area contributed by atoms with E-state index in [2.05, 4.69) is 12.1 Å². The number of benzene rings is 2. The van der Waals surface area contributed by atoms with Gasteiger partial charge in [-0.2, -0.15) is 0 Å². The van der Waals surface area contributed by atoms with Crippen LogP contribution in [-0.2, 0) is 5.75 Å². The van der Waals surface area contributed by atoms with Gasteiger partial charge >= 0.3 is 5.97 Å². The van der Waals surface area contributed by atoms with Gasteiger partial charge in [-0.05, 0) is 42.3 Å². The molecule has 0 aliphatic heterocycles. The Hall–Kier alpha value is -1.78. The lowest BCUT2D eigenvalue weighted by atomic mass is 10.1. The number of rotatable bonds is 5. The van der Waals surface area contributed by atoms with Crippen LogP contribution in [0.25, 0.3) is 0 Å². The smallest absolute Gasteiger partial charge is 0.335 e. The van der Waals surface area contributed by atoms with Crippen LogP contribution >= 0.6 is 11.8 Å². The maximum absolute atomic E-state index is 10.8. The molecular formula is C16H17NO2S. The Bertz CT molecular complexity index is 594. The average Bonchev–Trinajstić information content (AvgIpc) is 2.46. The standard InChI is InChI=1S/C16H17NO2S/c1-11(17)14-3-2-4-15(9-14)20-10-12-5-7-13(8-6-12)16(18)19/h2-9,11H,10,17H2,1H3,(H,18,19). The molecule has 20 heavy (non-hydrogen) atoms. The number of carboxylic acids is 1. The van der Waals surface area contributed by atoms with Crippen LogP contribution in [0.4, 0.5) is 0 Å². The van der Waals surface area contributed by atoms with Gasteiger partial charge in [-0.15, -0.1) is 11.8 Å². The summed E-state index contributed by atoms with van der Waals surface area (Å²) in [6.45, 7) is 1.97. The first-order chi connectivity index (χ1) is 9.56. The molecule has 0 amide bonds. The Labute approximate surface area is 122 Å². The molecule has 1 unspecified atom stereocenters. The predicted molar refractivity (Wildman–Crippen MR) is 82.0 cm³/mol. The van der Waals surface area contributed by atoms with Crippen molar-refractivity contribution in [3.8, 4) is 0 Å². The molecule has 0 saturated heterocycles. The molecule has 4 heteroatoms. The van der Waals surface area contributed by atoms with E-state index < -0.39 is 5.97 Å². The molecule has 0 radical (unpaired) electrons. The summed E-state index contributed by atoms with van der Waals surface area (Å²) >= 11 is 1.72. The van der Waals surface area contributed by atoms with Gasteiger partial charge in [-0.1, -0.05) is 24.3 Å². The third-order valence-electron chi connectivity index (χ3n) is 2.99. The van der Waals surface area contributed by atoms with E-state index in [9.17, 15) is 4.79 Å². The highest BCUT2D eigenvalue weighted by atomic mass is 32.2. The van der Waals surface area contributed by atoms with Crippen LogP contribution in [-0.4, -0.2) is 11.1 Å². The minimum Gasteiger partial charge on any atom is -0.478 e. The Morgan fingerprint density at radius 2 is 1.95 bits per heavy atom. The molecule has 0 aliphatic rings. The molecule has 3 N–H and O–H groups in total. The third-order valence-corrected chi connectivity index (χ3v) is 4.06. The summed E-state index contributed by atoms with van der Waals surface area (Å²) in [5.41, 5.74) is 8.41. The number of aromatic carboxylic acids is 1. The minimum atomic E-state index is -0.895. The summed E-state index contributed by atoms with van der Waals surface area (Å²) < 4.78 is 0. The second-order valence-corrected chi connectivity index (χ2v) is 5.70. The molecule has 2 aromatic rings. The van der Waals surface area contributed by atoms with Crippen LogP contribution in [0.2, 0.25) is 0 Å². The van der Waals surface area contributed by atoms with Crippen molar-refractivity contribution in [2.24, 2.45) is 5.73 Å². The van der Waals surface area contributed by atoms with Crippen LogP contribution in [0.1, 0.15) is 34.5 Å². The largest absolute Gasteiger partial charge is 0.478 e. The fraction of sp³-hybridized carbons (Fsp3) is 0.188. The molecule has 0 aromatic heterocycles. The number of thioether (sulfide) groups is 1. The lowest BCUT2D eigenvalue weighted by Crippen LogP contribution is -2.04. The molecule has 0 aliphatic carbocycles. The molecule has 104 valence electrons. The van der Waals surface area contributed by atoms with Crippen molar-refractivity contribution in [1.82, 2.24) is 0 Å². The summed E-state index contributed by atoms with van der Waals surface area (Å²) in [4.78, 5) is 11.9. The molecular weight excluding hydrogens is 270 g/mol. The van der Waals surface area contributed by atoms with Crippen molar-refractivity contribution in [3.63, 3.8) is 0 Å². The molecule has 0 bridgehead atoms. The van der Waals surface area contributed by atoms with Gasteiger partial charge in [0.05, 0.1) is 5.56 Å². The second kappa shape index (κ2) is 6.59. The summed E-state index contributed by atoms with van der Waals surface area (Å²) in [7, 11) is 0. The molecule has 1 atom stereocenters. The zero-order valence-corrected chi connectivity index (χ0v) is 12.1. The Morgan fingerprint density at radius 3 is 2.55 bits per heavy atom. The van der Waals surface area contributed by atoms with Gasteiger partial charge in [0.2, 0.25) is 0 Å². The van der Waals surface area contributed by atoms with E-state index in [-0.39, 0.29) is 6.04 Å². The Morgan fingerprint density at radius 1 is 1.25 bits per heavy atom. The zero-order valence-electron chi connectivity index (χ0n) is 11.2. The highest BCUT2D eigenvalue weighted by Gasteiger charge is 2.04. The maximum atomic E-state index is 10.8. The first-order valence-corrected chi connectivity index (χ1v) is 7.35. The van der Waals surface area contributed by atoms with E-state index in [1.807, 2.05) is 31.2 Å². The minimum absolute atomic E-state index is 0.0328. The zero-order chi connectivity index (χ0) is 14.5. The van der Waals surface area contributed by atoms with E-state index >= 15 is 0 Å². The number of hydrogen-bond donors (Lipinski definition) is 2. The quantitative estimate of drug-likeness (QED) is 0.823. The lowest BCUT2D eigenvalue weighted by Gasteiger charge is -2.08. The number of carboxylic acid groups (broad SMARTS) is 1. The molecule has 0 heterocycles. The average molecular weight is 287 g/mol. The number of hydrogen-bond acceptors (Lipinski definition) is 3. The summed E-state index contributed by atoms with van der Waals surface area (Å²) in [6.07, 6.45) is 0. The van der Waals surface area contributed by atoms with E-state index in [0.717, 1.165) is 16.9 Å². The highest BCUT2D eigenvalue weighted by Crippen LogP contribution is 2.25. The molecule has 0 spiro atoms. The van der Waals surface area contributed by atoms with E-state index in [1.165, 1.54) is 4.90 Å². The van der Waals surface area contributed by atoms with Gasteiger partial charge in [0.1, 0.15) is 0 Å². The molecule has 3 nitrogen and oxygen atoms in total. The Balaban J connectivity index is 2.01. The number of nitrogens with two attached hydrogens (primary N) is 1. The first kappa shape index (κ1) is 14.6. The van der Waals surface area contributed by atoms with E-state index in [0.29, 0.717) is 5.56 Å². The van der Waals surface area contributed by atoms with Crippen LogP contribution in [0, 0.1) is 0 Å². The van der Waals surface area contributed by atoms with E-state index in [1.54, 1.807) is 23.9 Å². The van der Waals surface area contributed by atoms with Crippen LogP contribution in [0.15, 0.2) is 53.4 Å². The van der Waals surface area contributed by atoms with Crippen LogP contribution < -0.4 is 5.73 Å². The summed E-state index contributed by atoms with van der Waals surface area (Å²) in [5, 5.41) is 8.85. The van der Waals surface area contributed by atoms with Gasteiger partial charge in [0.25, 0.3) is 0 Å². The molecule has 0 saturated carbocycles. The molecule has 0 fully saturated rings. The van der Waals surface area contributed by atoms with Gasteiger partial charge in [0.15, 0.2) is 0 Å². The van der Waals surface area contributed by atoms with E-state index in [4.69, 9.17) is 10.8 Å². The predicted octanol–water partition coefficient (Wildman–Crippen LogP) is 3.70. The summed E-state index contributed by atoms with van der Waals surface area (Å²) in [6, 6.07) is 15.2. The van der Waals surface area contributed by atoms with Crippen molar-refractivity contribution >= 4 is 17.7 Å². The third kappa shape index (κ3) is 3.85. The van der Waals surface area contributed by atoms with Crippen molar-refractivity contribution in [2.75, 3.05) is 0 Å². The fourth-order valence-corrected chi connectivity index (χ4v) is 2.72. The number of carbonyl (C=O) groups is 1. The monoisotopic (exact) mass is 287 g/mol. The first-order valence-electron chi connectivity index (χ1n) is 6.37. The van der Waals surface area contributed by atoms with Crippen molar-refractivity contribution in [3.05, 3.63) is 65.2 Å². The SMILES string of the molecule is CC(N)c1cccc(SCc2ccc(C(=O)O)cc2)c1. The van der Waals surface area contributed by atoms with Crippen LogP contribution in [0.5, 0.6) is 0 Å². The lowest BCUT2D eigenvalue weighted by molar-refractivity contribution is 0.0697. The normalized spacial score (nSPS) is 12.1.